The normalized spacial score (nSPS) is 10.2. The number of rotatable bonds is 6. The summed E-state index contributed by atoms with van der Waals surface area (Å²) in [5.41, 5.74) is -1.19. The molecule has 2 rings (SSSR count). The van der Waals surface area contributed by atoms with Gasteiger partial charge in [-0.2, -0.15) is 0 Å². The second-order valence-corrected chi connectivity index (χ2v) is 5.04. The first-order valence-corrected chi connectivity index (χ1v) is 7.74. The predicted octanol–water partition coefficient (Wildman–Crippen LogP) is 2.10. The molecular formula is C17H16N2O7. The molecular weight excluding hydrogens is 344 g/mol. The molecule has 0 amide bonds. The maximum atomic E-state index is 12.4. The van der Waals surface area contributed by atoms with Crippen molar-refractivity contribution in [1.82, 2.24) is 4.57 Å². The van der Waals surface area contributed by atoms with Crippen molar-refractivity contribution in [2.24, 2.45) is 0 Å². The summed E-state index contributed by atoms with van der Waals surface area (Å²) in [7, 11) is 0. The minimum Gasteiger partial charge on any atom is -0.462 e. The van der Waals surface area contributed by atoms with Crippen molar-refractivity contribution in [3.63, 3.8) is 0 Å². The van der Waals surface area contributed by atoms with Gasteiger partial charge in [0.15, 0.2) is 0 Å². The van der Waals surface area contributed by atoms with Crippen molar-refractivity contribution in [2.75, 3.05) is 13.2 Å². The number of esters is 2. The van der Waals surface area contributed by atoms with E-state index in [1.807, 2.05) is 0 Å². The van der Waals surface area contributed by atoms with Gasteiger partial charge in [0, 0.05) is 30.2 Å². The van der Waals surface area contributed by atoms with Gasteiger partial charge in [-0.1, -0.05) is 0 Å². The lowest BCUT2D eigenvalue weighted by atomic mass is 10.1. The molecule has 0 saturated carbocycles. The molecule has 9 heteroatoms. The Kier molecular flexibility index (Phi) is 5.84. The van der Waals surface area contributed by atoms with Crippen molar-refractivity contribution >= 4 is 17.6 Å². The number of carbonyl (C=O) groups is 2. The number of nitrogens with zero attached hydrogens (tertiary/aromatic N) is 2. The van der Waals surface area contributed by atoms with E-state index in [1.54, 1.807) is 13.8 Å². The molecule has 0 aliphatic rings. The largest absolute Gasteiger partial charge is 0.462 e. The molecule has 2 aromatic rings. The average Bonchev–Trinajstić information content (AvgIpc) is 2.62. The Labute approximate surface area is 147 Å². The quantitative estimate of drug-likeness (QED) is 0.440. The zero-order chi connectivity index (χ0) is 19.3. The highest BCUT2D eigenvalue weighted by atomic mass is 16.6. The zero-order valence-corrected chi connectivity index (χ0v) is 14.1. The summed E-state index contributed by atoms with van der Waals surface area (Å²) in [4.78, 5) is 46.7. The lowest BCUT2D eigenvalue weighted by molar-refractivity contribution is -0.384. The van der Waals surface area contributed by atoms with Crippen LogP contribution in [0.4, 0.5) is 5.69 Å². The summed E-state index contributed by atoms with van der Waals surface area (Å²) in [6, 6.07) is 5.38. The number of nitro benzene ring substituents is 1. The van der Waals surface area contributed by atoms with Crippen molar-refractivity contribution < 1.29 is 24.0 Å². The van der Waals surface area contributed by atoms with Crippen LogP contribution in [0.2, 0.25) is 0 Å². The highest BCUT2D eigenvalue weighted by Gasteiger charge is 2.21. The van der Waals surface area contributed by atoms with Crippen molar-refractivity contribution in [3.8, 4) is 5.69 Å². The minimum atomic E-state index is -0.876. The fourth-order valence-electron chi connectivity index (χ4n) is 2.18. The van der Waals surface area contributed by atoms with Crippen LogP contribution in [0.15, 0.2) is 41.5 Å². The Morgan fingerprint density at radius 1 is 1.00 bits per heavy atom. The van der Waals surface area contributed by atoms with E-state index >= 15 is 0 Å². The van der Waals surface area contributed by atoms with Gasteiger partial charge < -0.3 is 14.0 Å². The first-order valence-electron chi connectivity index (χ1n) is 7.74. The standard InChI is InChI=1S/C17H16N2O7/c1-3-25-16(21)13-9-18(10-14(15(13)20)17(22)26-4-2)11-5-7-12(8-6-11)19(23)24/h5-10H,3-4H2,1-2H3. The zero-order valence-electron chi connectivity index (χ0n) is 14.1. The van der Waals surface area contributed by atoms with Crippen LogP contribution in [-0.2, 0) is 9.47 Å². The second kappa shape index (κ2) is 8.06. The Balaban J connectivity index is 2.61. The monoisotopic (exact) mass is 360 g/mol. The number of carbonyl (C=O) groups excluding carboxylic acids is 2. The average molecular weight is 360 g/mol. The highest BCUT2D eigenvalue weighted by molar-refractivity contribution is 5.94. The fraction of sp³-hybridized carbons (Fsp3) is 0.235. The Morgan fingerprint density at radius 3 is 1.85 bits per heavy atom. The molecule has 26 heavy (non-hydrogen) atoms. The summed E-state index contributed by atoms with van der Waals surface area (Å²) >= 11 is 0. The van der Waals surface area contributed by atoms with Gasteiger partial charge >= 0.3 is 11.9 Å². The van der Waals surface area contributed by atoms with Crippen LogP contribution in [0.5, 0.6) is 0 Å². The molecule has 0 fully saturated rings. The molecule has 1 aromatic carbocycles. The molecule has 0 aliphatic carbocycles. The van der Waals surface area contributed by atoms with E-state index in [0.717, 1.165) is 0 Å². The van der Waals surface area contributed by atoms with E-state index in [0.29, 0.717) is 5.69 Å². The van der Waals surface area contributed by atoms with Crippen LogP contribution in [0.1, 0.15) is 34.6 Å². The maximum absolute atomic E-state index is 12.4. The first-order chi connectivity index (χ1) is 12.4. The predicted molar refractivity (Wildman–Crippen MR) is 90.6 cm³/mol. The molecule has 0 bridgehead atoms. The Morgan fingerprint density at radius 2 is 1.46 bits per heavy atom. The molecule has 0 spiro atoms. The van der Waals surface area contributed by atoms with Crippen LogP contribution in [0, 0.1) is 10.1 Å². The van der Waals surface area contributed by atoms with Gasteiger partial charge in [-0.25, -0.2) is 9.59 Å². The van der Waals surface area contributed by atoms with Gasteiger partial charge in [0.25, 0.3) is 5.69 Å². The summed E-state index contributed by atoms with van der Waals surface area (Å²) < 4.78 is 11.0. The number of nitro groups is 1. The lowest BCUT2D eigenvalue weighted by Gasteiger charge is -2.11. The first kappa shape index (κ1) is 18.8. The van der Waals surface area contributed by atoms with Gasteiger partial charge in [-0.05, 0) is 26.0 Å². The number of benzene rings is 1. The smallest absolute Gasteiger partial charge is 0.343 e. The topological polar surface area (TPSA) is 118 Å². The molecule has 0 radical (unpaired) electrons. The fourth-order valence-corrected chi connectivity index (χ4v) is 2.18. The van der Waals surface area contributed by atoms with E-state index in [9.17, 15) is 24.5 Å². The van der Waals surface area contributed by atoms with Gasteiger partial charge in [0.2, 0.25) is 5.43 Å². The summed E-state index contributed by atoms with van der Waals surface area (Å²) in [6.07, 6.45) is 2.43. The molecule has 9 nitrogen and oxygen atoms in total. The third-order valence-corrected chi connectivity index (χ3v) is 3.37. The Hall–Kier alpha value is -3.49. The number of ether oxygens (including phenoxy) is 2. The third kappa shape index (κ3) is 3.94. The summed E-state index contributed by atoms with van der Waals surface area (Å²) in [5.74, 6) is -1.75. The van der Waals surface area contributed by atoms with Crippen LogP contribution in [-0.4, -0.2) is 34.6 Å². The molecule has 0 aliphatic heterocycles. The molecule has 0 saturated heterocycles. The van der Waals surface area contributed by atoms with E-state index < -0.39 is 22.3 Å². The van der Waals surface area contributed by atoms with Crippen LogP contribution in [0.25, 0.3) is 5.69 Å². The number of aromatic nitrogens is 1. The van der Waals surface area contributed by atoms with Crippen molar-refractivity contribution in [3.05, 3.63) is 68.1 Å². The molecule has 136 valence electrons. The van der Waals surface area contributed by atoms with Gasteiger partial charge in [-0.3, -0.25) is 14.9 Å². The SMILES string of the molecule is CCOC(=O)c1cn(-c2ccc([N+](=O)[O-])cc2)cc(C(=O)OCC)c1=O. The van der Waals surface area contributed by atoms with Crippen LogP contribution < -0.4 is 5.43 Å². The Bertz CT molecular complexity index is 858. The summed E-state index contributed by atoms with van der Waals surface area (Å²) in [6.45, 7) is 3.28. The number of hydrogen-bond acceptors (Lipinski definition) is 7. The molecule has 1 heterocycles. The lowest BCUT2D eigenvalue weighted by Crippen LogP contribution is -2.26. The highest BCUT2D eigenvalue weighted by Crippen LogP contribution is 2.16. The maximum Gasteiger partial charge on any atom is 0.343 e. The van der Waals surface area contributed by atoms with Gasteiger partial charge in [0.1, 0.15) is 11.1 Å². The number of pyridine rings is 1. The third-order valence-electron chi connectivity index (χ3n) is 3.37. The van der Waals surface area contributed by atoms with E-state index in [-0.39, 0.29) is 30.0 Å². The van der Waals surface area contributed by atoms with Gasteiger partial charge in [0.05, 0.1) is 18.1 Å². The number of hydrogen-bond donors (Lipinski definition) is 0. The van der Waals surface area contributed by atoms with Gasteiger partial charge in [-0.15, -0.1) is 0 Å². The van der Waals surface area contributed by atoms with Crippen molar-refractivity contribution in [1.29, 1.82) is 0 Å². The van der Waals surface area contributed by atoms with E-state index in [2.05, 4.69) is 0 Å². The molecule has 0 N–H and O–H groups in total. The molecule has 0 unspecified atom stereocenters. The summed E-state index contributed by atoms with van der Waals surface area (Å²) in [5, 5.41) is 10.8. The second-order valence-electron chi connectivity index (χ2n) is 5.04. The van der Waals surface area contributed by atoms with Crippen molar-refractivity contribution in [2.45, 2.75) is 13.8 Å². The molecule has 1 aromatic heterocycles. The van der Waals surface area contributed by atoms with Crippen LogP contribution in [0.3, 0.4) is 0 Å². The minimum absolute atomic E-state index is 0.0550. The van der Waals surface area contributed by atoms with E-state index in [1.165, 1.54) is 41.2 Å². The number of non-ortho nitro benzene ring substituents is 1. The van der Waals surface area contributed by atoms with E-state index in [4.69, 9.17) is 9.47 Å². The molecule has 0 atom stereocenters. The van der Waals surface area contributed by atoms with Crippen LogP contribution >= 0.6 is 0 Å².